The van der Waals surface area contributed by atoms with Crippen LogP contribution in [0.3, 0.4) is 0 Å². The van der Waals surface area contributed by atoms with Crippen LogP contribution >= 0.6 is 11.8 Å². The highest BCUT2D eigenvalue weighted by molar-refractivity contribution is 7.98. The average molecular weight is 308 g/mol. The van der Waals surface area contributed by atoms with E-state index < -0.39 is 11.9 Å². The number of amides is 2. The molecule has 1 aromatic rings. The van der Waals surface area contributed by atoms with E-state index in [0.717, 1.165) is 17.0 Å². The van der Waals surface area contributed by atoms with Crippen LogP contribution in [0.1, 0.15) is 17.9 Å². The van der Waals surface area contributed by atoms with Crippen LogP contribution in [0.15, 0.2) is 24.3 Å². The number of benzene rings is 1. The van der Waals surface area contributed by atoms with Crippen molar-refractivity contribution in [2.75, 3.05) is 37.0 Å². The third kappa shape index (κ3) is 3.32. The Morgan fingerprint density at radius 1 is 1.43 bits per heavy atom. The van der Waals surface area contributed by atoms with Crippen LogP contribution in [0.25, 0.3) is 0 Å². The number of aliphatic carboxylic acids is 1. The Morgan fingerprint density at radius 2 is 2.14 bits per heavy atom. The van der Waals surface area contributed by atoms with Crippen LogP contribution in [0.4, 0.5) is 10.5 Å². The van der Waals surface area contributed by atoms with Gasteiger partial charge in [0.05, 0.1) is 5.92 Å². The fraction of sp³-hybridized carbons (Fsp3) is 0.467. The Labute approximate surface area is 128 Å². The van der Waals surface area contributed by atoms with Crippen molar-refractivity contribution in [3.05, 3.63) is 29.8 Å². The zero-order chi connectivity index (χ0) is 15.4. The summed E-state index contributed by atoms with van der Waals surface area (Å²) >= 11 is 1.69. The molecule has 0 radical (unpaired) electrons. The molecule has 0 bridgehead atoms. The predicted octanol–water partition coefficient (Wildman–Crippen LogP) is 2.48. The van der Waals surface area contributed by atoms with Gasteiger partial charge in [-0.1, -0.05) is 18.2 Å². The van der Waals surface area contributed by atoms with Crippen molar-refractivity contribution >= 4 is 29.4 Å². The molecule has 2 rings (SSSR count). The molecule has 0 spiro atoms. The van der Waals surface area contributed by atoms with Gasteiger partial charge in [-0.05, 0) is 24.3 Å². The molecule has 1 aromatic carbocycles. The lowest BCUT2D eigenvalue weighted by Gasteiger charge is -2.35. The van der Waals surface area contributed by atoms with E-state index in [1.165, 1.54) is 0 Å². The number of rotatable bonds is 4. The summed E-state index contributed by atoms with van der Waals surface area (Å²) in [6.45, 7) is 1.12. The van der Waals surface area contributed by atoms with Gasteiger partial charge in [0.2, 0.25) is 0 Å². The van der Waals surface area contributed by atoms with E-state index >= 15 is 0 Å². The number of fused-ring (bicyclic) bond motifs is 1. The number of carbonyl (C=O) groups excluding carboxylic acids is 1. The summed E-state index contributed by atoms with van der Waals surface area (Å²) in [5, 5.41) is 9.32. The Balaban J connectivity index is 2.24. The Hall–Kier alpha value is -1.69. The first-order chi connectivity index (χ1) is 10.1. The molecular weight excluding hydrogens is 288 g/mol. The minimum atomic E-state index is -0.828. The number of carboxylic acids is 1. The summed E-state index contributed by atoms with van der Waals surface area (Å²) in [7, 11) is 1.78. The first-order valence-corrected chi connectivity index (χ1v) is 8.29. The molecule has 1 unspecified atom stereocenters. The van der Waals surface area contributed by atoms with Crippen molar-refractivity contribution in [2.24, 2.45) is 0 Å². The van der Waals surface area contributed by atoms with Gasteiger partial charge in [-0.15, -0.1) is 0 Å². The molecule has 2 amide bonds. The SMILES string of the molecule is CSCCN(C)C(=O)N1CCC(C(=O)O)c2ccccc21. The number of carboxylic acid groups (broad SMARTS) is 1. The van der Waals surface area contributed by atoms with Crippen molar-refractivity contribution < 1.29 is 14.7 Å². The summed E-state index contributed by atoms with van der Waals surface area (Å²) < 4.78 is 0. The fourth-order valence-electron chi connectivity index (χ4n) is 2.55. The van der Waals surface area contributed by atoms with E-state index in [9.17, 15) is 14.7 Å². The molecule has 21 heavy (non-hydrogen) atoms. The smallest absolute Gasteiger partial charge is 0.324 e. The molecule has 0 fully saturated rings. The molecule has 0 saturated carbocycles. The molecule has 1 N–H and O–H groups in total. The number of carbonyl (C=O) groups is 2. The topological polar surface area (TPSA) is 60.9 Å². The molecule has 1 aliphatic heterocycles. The third-order valence-electron chi connectivity index (χ3n) is 3.73. The lowest BCUT2D eigenvalue weighted by molar-refractivity contribution is -0.139. The Bertz CT molecular complexity index is 535. The van der Waals surface area contributed by atoms with Crippen LogP contribution in [-0.4, -0.2) is 54.2 Å². The summed E-state index contributed by atoms with van der Waals surface area (Å²) in [4.78, 5) is 27.3. The van der Waals surface area contributed by atoms with E-state index in [4.69, 9.17) is 0 Å². The maximum absolute atomic E-state index is 12.5. The number of thioether (sulfide) groups is 1. The molecule has 0 aliphatic carbocycles. The minimum Gasteiger partial charge on any atom is -0.481 e. The van der Waals surface area contributed by atoms with Crippen molar-refractivity contribution in [3.63, 3.8) is 0 Å². The summed E-state index contributed by atoms with van der Waals surface area (Å²) in [5.41, 5.74) is 1.44. The quantitative estimate of drug-likeness (QED) is 0.928. The van der Waals surface area contributed by atoms with E-state index in [0.29, 0.717) is 19.5 Å². The van der Waals surface area contributed by atoms with Gasteiger partial charge in [-0.2, -0.15) is 11.8 Å². The van der Waals surface area contributed by atoms with Crippen molar-refractivity contribution in [3.8, 4) is 0 Å². The van der Waals surface area contributed by atoms with E-state index in [1.54, 1.807) is 34.7 Å². The maximum Gasteiger partial charge on any atom is 0.324 e. The average Bonchev–Trinajstić information content (AvgIpc) is 2.50. The summed E-state index contributed by atoms with van der Waals surface area (Å²) in [6.07, 6.45) is 2.46. The maximum atomic E-state index is 12.5. The monoisotopic (exact) mass is 308 g/mol. The molecule has 5 nitrogen and oxygen atoms in total. The molecule has 6 heteroatoms. The minimum absolute atomic E-state index is 0.0691. The molecule has 114 valence electrons. The molecule has 0 saturated heterocycles. The summed E-state index contributed by atoms with van der Waals surface area (Å²) in [5.74, 6) is -0.470. The molecule has 0 aromatic heterocycles. The first-order valence-electron chi connectivity index (χ1n) is 6.89. The number of nitrogens with zero attached hydrogens (tertiary/aromatic N) is 2. The van der Waals surface area contributed by atoms with Crippen LogP contribution < -0.4 is 4.90 Å². The van der Waals surface area contributed by atoms with Crippen molar-refractivity contribution in [2.45, 2.75) is 12.3 Å². The van der Waals surface area contributed by atoms with Crippen LogP contribution in [-0.2, 0) is 4.79 Å². The van der Waals surface area contributed by atoms with E-state index in [2.05, 4.69) is 0 Å². The first kappa shape index (κ1) is 15.7. The van der Waals surface area contributed by atoms with Gasteiger partial charge < -0.3 is 10.0 Å². The summed E-state index contributed by atoms with van der Waals surface area (Å²) in [6, 6.07) is 7.21. The van der Waals surface area contributed by atoms with E-state index in [-0.39, 0.29) is 6.03 Å². The zero-order valence-corrected chi connectivity index (χ0v) is 13.1. The fourth-order valence-corrected chi connectivity index (χ4v) is 3.00. The van der Waals surface area contributed by atoms with Gasteiger partial charge in [0.25, 0.3) is 0 Å². The van der Waals surface area contributed by atoms with Gasteiger partial charge in [0.1, 0.15) is 0 Å². The highest BCUT2D eigenvalue weighted by Crippen LogP contribution is 2.35. The number of para-hydroxylation sites is 1. The highest BCUT2D eigenvalue weighted by Gasteiger charge is 2.33. The normalized spacial score (nSPS) is 17.2. The number of urea groups is 1. The van der Waals surface area contributed by atoms with Gasteiger partial charge >= 0.3 is 12.0 Å². The standard InChI is InChI=1S/C15H20N2O3S/c1-16(9-10-21-2)15(20)17-8-7-12(14(18)19)11-5-3-4-6-13(11)17/h3-6,12H,7-10H2,1-2H3,(H,18,19). The lowest BCUT2D eigenvalue weighted by atomic mass is 9.90. The van der Waals surface area contributed by atoms with E-state index in [1.807, 2.05) is 24.5 Å². The Morgan fingerprint density at radius 3 is 2.81 bits per heavy atom. The van der Waals surface area contributed by atoms with Gasteiger partial charge in [-0.25, -0.2) is 4.79 Å². The van der Waals surface area contributed by atoms with Gasteiger partial charge in [-0.3, -0.25) is 9.69 Å². The van der Waals surface area contributed by atoms with Gasteiger partial charge in [0.15, 0.2) is 0 Å². The van der Waals surface area contributed by atoms with Crippen LogP contribution in [0.5, 0.6) is 0 Å². The highest BCUT2D eigenvalue weighted by atomic mass is 32.2. The van der Waals surface area contributed by atoms with Crippen molar-refractivity contribution in [1.82, 2.24) is 4.90 Å². The number of hydrogen-bond acceptors (Lipinski definition) is 3. The number of anilines is 1. The lowest BCUT2D eigenvalue weighted by Crippen LogP contribution is -2.45. The van der Waals surface area contributed by atoms with Gasteiger partial charge in [0, 0.05) is 31.6 Å². The largest absolute Gasteiger partial charge is 0.481 e. The van der Waals surface area contributed by atoms with Crippen LogP contribution in [0, 0.1) is 0 Å². The second-order valence-corrected chi connectivity index (χ2v) is 6.07. The van der Waals surface area contributed by atoms with Crippen LogP contribution in [0.2, 0.25) is 0 Å². The van der Waals surface area contributed by atoms with Crippen molar-refractivity contribution in [1.29, 1.82) is 0 Å². The third-order valence-corrected chi connectivity index (χ3v) is 4.32. The molecule has 1 aliphatic rings. The molecule has 1 atom stereocenters. The zero-order valence-electron chi connectivity index (χ0n) is 12.3. The second kappa shape index (κ2) is 6.85. The predicted molar refractivity (Wildman–Crippen MR) is 85.2 cm³/mol. The Kier molecular flexibility index (Phi) is 5.12. The number of hydrogen-bond donors (Lipinski definition) is 1. The second-order valence-electron chi connectivity index (χ2n) is 5.09. The molecule has 1 heterocycles. The molecular formula is C15H20N2O3S.